The fraction of sp³-hybridized carbons (Fsp3) is 0.667. The number of fused-ring (bicyclic) bond motifs is 1. The van der Waals surface area contributed by atoms with Gasteiger partial charge in [0.1, 0.15) is 0 Å². The van der Waals surface area contributed by atoms with E-state index < -0.39 is 0 Å². The van der Waals surface area contributed by atoms with Crippen LogP contribution >= 0.6 is 0 Å². The first-order valence-electron chi connectivity index (χ1n) is 7.01. The highest BCUT2D eigenvalue weighted by Crippen LogP contribution is 2.27. The van der Waals surface area contributed by atoms with Gasteiger partial charge in [-0.3, -0.25) is 9.88 Å². The molecular weight excluding hydrogens is 208 g/mol. The highest BCUT2D eigenvalue weighted by Gasteiger charge is 2.24. The van der Waals surface area contributed by atoms with Crippen LogP contribution in [0.5, 0.6) is 0 Å². The molecule has 0 N–H and O–H groups in total. The molecule has 1 fully saturated rings. The van der Waals surface area contributed by atoms with E-state index in [-0.39, 0.29) is 0 Å². The molecule has 0 bridgehead atoms. The SMILES string of the molecule is Cc1cnc2c(c1)CN(C1CCCC1)CCC2. The van der Waals surface area contributed by atoms with Crippen molar-refractivity contribution < 1.29 is 0 Å². The van der Waals surface area contributed by atoms with E-state index in [9.17, 15) is 0 Å². The lowest BCUT2D eigenvalue weighted by molar-refractivity contribution is 0.193. The van der Waals surface area contributed by atoms with Gasteiger partial charge in [-0.2, -0.15) is 0 Å². The average Bonchev–Trinajstić information content (AvgIpc) is 2.77. The Morgan fingerprint density at radius 3 is 2.88 bits per heavy atom. The van der Waals surface area contributed by atoms with Gasteiger partial charge in [-0.25, -0.2) is 0 Å². The maximum Gasteiger partial charge on any atom is 0.0449 e. The van der Waals surface area contributed by atoms with E-state index in [0.29, 0.717) is 0 Å². The Balaban J connectivity index is 1.82. The topological polar surface area (TPSA) is 16.1 Å². The molecule has 2 heteroatoms. The Labute approximate surface area is 104 Å². The van der Waals surface area contributed by atoms with Crippen LogP contribution in [-0.2, 0) is 13.0 Å². The number of hydrogen-bond acceptors (Lipinski definition) is 2. The standard InChI is InChI=1S/C15H22N2/c1-12-9-13-11-17(14-5-2-3-6-14)8-4-7-15(13)16-10-12/h9-10,14H,2-8,11H2,1H3. The summed E-state index contributed by atoms with van der Waals surface area (Å²) in [5.41, 5.74) is 4.13. The predicted octanol–water partition coefficient (Wildman–Crippen LogP) is 3.08. The van der Waals surface area contributed by atoms with Crippen molar-refractivity contribution in [3.05, 3.63) is 29.1 Å². The van der Waals surface area contributed by atoms with Crippen LogP contribution in [0.4, 0.5) is 0 Å². The van der Waals surface area contributed by atoms with E-state index in [1.807, 2.05) is 6.20 Å². The zero-order chi connectivity index (χ0) is 11.7. The van der Waals surface area contributed by atoms with Crippen molar-refractivity contribution in [1.29, 1.82) is 0 Å². The number of hydrogen-bond donors (Lipinski definition) is 0. The quantitative estimate of drug-likeness (QED) is 0.737. The van der Waals surface area contributed by atoms with Crippen LogP contribution in [0.3, 0.4) is 0 Å². The molecule has 1 aliphatic heterocycles. The summed E-state index contributed by atoms with van der Waals surface area (Å²) in [5, 5.41) is 0. The van der Waals surface area contributed by atoms with Crippen LogP contribution < -0.4 is 0 Å². The largest absolute Gasteiger partial charge is 0.296 e. The molecule has 0 unspecified atom stereocenters. The zero-order valence-corrected chi connectivity index (χ0v) is 10.8. The van der Waals surface area contributed by atoms with Crippen LogP contribution in [0, 0.1) is 6.92 Å². The van der Waals surface area contributed by atoms with Crippen LogP contribution in [0.2, 0.25) is 0 Å². The summed E-state index contributed by atoms with van der Waals surface area (Å²) in [6.45, 7) is 4.55. The lowest BCUT2D eigenvalue weighted by Crippen LogP contribution is -2.32. The average molecular weight is 230 g/mol. The Kier molecular flexibility index (Phi) is 3.15. The Hall–Kier alpha value is -0.890. The second-order valence-electron chi connectivity index (χ2n) is 5.63. The van der Waals surface area contributed by atoms with E-state index in [2.05, 4.69) is 22.9 Å². The molecule has 0 aromatic carbocycles. The molecule has 0 saturated heterocycles. The van der Waals surface area contributed by atoms with Crippen LogP contribution in [-0.4, -0.2) is 22.5 Å². The summed E-state index contributed by atoms with van der Waals surface area (Å²) in [6.07, 6.45) is 10.1. The van der Waals surface area contributed by atoms with Gasteiger partial charge in [0.25, 0.3) is 0 Å². The summed E-state index contributed by atoms with van der Waals surface area (Å²) in [4.78, 5) is 7.32. The van der Waals surface area contributed by atoms with Crippen LogP contribution in [0.15, 0.2) is 12.3 Å². The van der Waals surface area contributed by atoms with E-state index in [4.69, 9.17) is 0 Å². The van der Waals surface area contributed by atoms with Crippen molar-refractivity contribution in [1.82, 2.24) is 9.88 Å². The van der Waals surface area contributed by atoms with Crippen molar-refractivity contribution in [2.24, 2.45) is 0 Å². The molecule has 1 saturated carbocycles. The summed E-state index contributed by atoms with van der Waals surface area (Å²) in [7, 11) is 0. The van der Waals surface area contributed by atoms with Crippen molar-refractivity contribution in [2.75, 3.05) is 6.54 Å². The number of aryl methyl sites for hydroxylation is 2. The predicted molar refractivity (Wildman–Crippen MR) is 70.0 cm³/mol. The van der Waals surface area contributed by atoms with Gasteiger partial charge in [-0.15, -0.1) is 0 Å². The van der Waals surface area contributed by atoms with E-state index in [1.54, 1.807) is 0 Å². The third-order valence-electron chi connectivity index (χ3n) is 4.27. The van der Waals surface area contributed by atoms with Crippen molar-refractivity contribution in [3.63, 3.8) is 0 Å². The molecular formula is C15H22N2. The molecule has 1 aliphatic carbocycles. The minimum Gasteiger partial charge on any atom is -0.296 e. The molecule has 17 heavy (non-hydrogen) atoms. The first kappa shape index (κ1) is 11.2. The fourth-order valence-corrected chi connectivity index (χ4v) is 3.35. The molecule has 0 spiro atoms. The van der Waals surface area contributed by atoms with Gasteiger partial charge in [0.05, 0.1) is 0 Å². The molecule has 92 valence electrons. The van der Waals surface area contributed by atoms with E-state index in [0.717, 1.165) is 12.6 Å². The molecule has 0 amide bonds. The number of rotatable bonds is 1. The third kappa shape index (κ3) is 2.37. The summed E-state index contributed by atoms with van der Waals surface area (Å²) in [6, 6.07) is 3.19. The lowest BCUT2D eigenvalue weighted by Gasteiger charge is -2.27. The van der Waals surface area contributed by atoms with Gasteiger partial charge in [0, 0.05) is 24.5 Å². The lowest BCUT2D eigenvalue weighted by atomic mass is 10.1. The second kappa shape index (κ2) is 4.77. The van der Waals surface area contributed by atoms with Crippen molar-refractivity contribution in [3.8, 4) is 0 Å². The number of aromatic nitrogens is 1. The van der Waals surface area contributed by atoms with Crippen LogP contribution in [0.1, 0.15) is 48.9 Å². The summed E-state index contributed by atoms with van der Waals surface area (Å²) < 4.78 is 0. The van der Waals surface area contributed by atoms with E-state index in [1.165, 1.54) is 61.9 Å². The summed E-state index contributed by atoms with van der Waals surface area (Å²) in [5.74, 6) is 0. The molecule has 1 aromatic heterocycles. The molecule has 2 heterocycles. The first-order chi connectivity index (χ1) is 8.33. The minimum absolute atomic E-state index is 0.849. The van der Waals surface area contributed by atoms with Gasteiger partial charge < -0.3 is 0 Å². The van der Waals surface area contributed by atoms with Gasteiger partial charge in [-0.1, -0.05) is 18.9 Å². The van der Waals surface area contributed by atoms with Crippen molar-refractivity contribution in [2.45, 2.75) is 58.0 Å². The molecule has 1 aromatic rings. The maximum absolute atomic E-state index is 4.61. The Bertz CT molecular complexity index is 394. The highest BCUT2D eigenvalue weighted by atomic mass is 15.2. The number of pyridine rings is 1. The van der Waals surface area contributed by atoms with Gasteiger partial charge >= 0.3 is 0 Å². The number of nitrogens with zero attached hydrogens (tertiary/aromatic N) is 2. The third-order valence-corrected chi connectivity index (χ3v) is 4.27. The monoisotopic (exact) mass is 230 g/mol. The second-order valence-corrected chi connectivity index (χ2v) is 5.63. The van der Waals surface area contributed by atoms with Crippen molar-refractivity contribution >= 4 is 0 Å². The molecule has 2 aliphatic rings. The van der Waals surface area contributed by atoms with Crippen LogP contribution in [0.25, 0.3) is 0 Å². The van der Waals surface area contributed by atoms with Gasteiger partial charge in [-0.05, 0) is 50.3 Å². The Morgan fingerprint density at radius 1 is 1.24 bits per heavy atom. The fourth-order valence-electron chi connectivity index (χ4n) is 3.35. The Morgan fingerprint density at radius 2 is 2.06 bits per heavy atom. The smallest absolute Gasteiger partial charge is 0.0449 e. The highest BCUT2D eigenvalue weighted by molar-refractivity contribution is 5.25. The molecule has 3 rings (SSSR count). The normalized spacial score (nSPS) is 22.4. The molecule has 0 radical (unpaired) electrons. The first-order valence-corrected chi connectivity index (χ1v) is 7.01. The molecule has 0 atom stereocenters. The summed E-state index contributed by atoms with van der Waals surface area (Å²) >= 11 is 0. The van der Waals surface area contributed by atoms with Gasteiger partial charge in [0.2, 0.25) is 0 Å². The minimum atomic E-state index is 0.849. The molecule has 2 nitrogen and oxygen atoms in total. The maximum atomic E-state index is 4.61. The zero-order valence-electron chi connectivity index (χ0n) is 10.8. The van der Waals surface area contributed by atoms with E-state index >= 15 is 0 Å². The van der Waals surface area contributed by atoms with Gasteiger partial charge in [0.15, 0.2) is 0 Å².